The molecule has 4 nitrogen and oxygen atoms in total. The van der Waals surface area contributed by atoms with E-state index in [1.54, 1.807) is 14.2 Å². The van der Waals surface area contributed by atoms with E-state index in [1.807, 2.05) is 13.1 Å². The number of hydrogen-bond donors (Lipinski definition) is 1. The van der Waals surface area contributed by atoms with Crippen LogP contribution >= 0.6 is 0 Å². The highest BCUT2D eigenvalue weighted by molar-refractivity contribution is 5.91. The van der Waals surface area contributed by atoms with Crippen LogP contribution in [0.4, 0.5) is 0 Å². The molecule has 0 saturated heterocycles. The van der Waals surface area contributed by atoms with Gasteiger partial charge in [-0.1, -0.05) is 0 Å². The molecule has 0 amide bonds. The van der Waals surface area contributed by atoms with E-state index in [4.69, 9.17) is 9.47 Å². The molecule has 0 radical (unpaired) electrons. The first-order valence-corrected chi connectivity index (χ1v) is 6.55. The third-order valence-electron chi connectivity index (χ3n) is 3.43. The quantitative estimate of drug-likeness (QED) is 0.812. The Morgan fingerprint density at radius 1 is 1.21 bits per heavy atom. The van der Waals surface area contributed by atoms with Gasteiger partial charge in [0.05, 0.1) is 19.7 Å². The second-order valence-corrected chi connectivity index (χ2v) is 4.70. The molecule has 2 aromatic rings. The fraction of sp³-hybridized carbons (Fsp3) is 0.467. The molecule has 1 aromatic heterocycles. The number of nitrogens with zero attached hydrogens (tertiary/aromatic N) is 1. The van der Waals surface area contributed by atoms with Crippen LogP contribution in [0.2, 0.25) is 0 Å². The number of fused-ring (bicyclic) bond motifs is 1. The van der Waals surface area contributed by atoms with Gasteiger partial charge in [0.1, 0.15) is 11.5 Å². The van der Waals surface area contributed by atoms with Crippen molar-refractivity contribution in [2.45, 2.75) is 12.8 Å². The maximum absolute atomic E-state index is 5.52. The van der Waals surface area contributed by atoms with Crippen LogP contribution in [0.5, 0.6) is 11.5 Å². The fourth-order valence-corrected chi connectivity index (χ4v) is 2.47. The zero-order chi connectivity index (χ0) is 13.8. The van der Waals surface area contributed by atoms with Crippen LogP contribution in [0.15, 0.2) is 18.3 Å². The van der Waals surface area contributed by atoms with Crippen LogP contribution in [0.25, 0.3) is 10.9 Å². The van der Waals surface area contributed by atoms with E-state index < -0.39 is 0 Å². The van der Waals surface area contributed by atoms with Crippen molar-refractivity contribution in [2.75, 3.05) is 27.8 Å². The zero-order valence-electron chi connectivity index (χ0n) is 12.1. The summed E-state index contributed by atoms with van der Waals surface area (Å²) in [4.78, 5) is 0. The largest absolute Gasteiger partial charge is 0.497 e. The molecular formula is C15H22N2O2. The molecule has 0 aliphatic rings. The molecule has 0 aliphatic carbocycles. The monoisotopic (exact) mass is 262 g/mol. The number of ether oxygens (including phenoxy) is 2. The predicted octanol–water partition coefficient (Wildman–Crippen LogP) is 2.35. The number of rotatable bonds is 6. The van der Waals surface area contributed by atoms with Crippen LogP contribution in [-0.4, -0.2) is 32.4 Å². The molecule has 2 rings (SSSR count). The standard InChI is InChI=1S/C15H22N2O2/c1-16-7-5-6-11-10-17(2)13-8-12(18-3)9-14(19-4)15(11)13/h8-10,16H,5-7H2,1-4H3. The van der Waals surface area contributed by atoms with Crippen molar-refractivity contribution >= 4 is 10.9 Å². The number of nitrogens with one attached hydrogen (secondary N) is 1. The van der Waals surface area contributed by atoms with E-state index in [-0.39, 0.29) is 0 Å². The van der Waals surface area contributed by atoms with Crippen molar-refractivity contribution in [3.63, 3.8) is 0 Å². The lowest BCUT2D eigenvalue weighted by molar-refractivity contribution is 0.397. The SMILES string of the molecule is CNCCCc1cn(C)c2cc(OC)cc(OC)c12. The lowest BCUT2D eigenvalue weighted by Crippen LogP contribution is -2.08. The van der Waals surface area contributed by atoms with Gasteiger partial charge in [0.15, 0.2) is 0 Å². The van der Waals surface area contributed by atoms with Gasteiger partial charge >= 0.3 is 0 Å². The molecule has 1 N–H and O–H groups in total. The molecule has 1 heterocycles. The van der Waals surface area contributed by atoms with Gasteiger partial charge in [0, 0.05) is 30.8 Å². The van der Waals surface area contributed by atoms with Crippen LogP contribution in [0, 0.1) is 0 Å². The second kappa shape index (κ2) is 5.97. The van der Waals surface area contributed by atoms with E-state index in [1.165, 1.54) is 10.9 Å². The number of methoxy groups -OCH3 is 2. The number of hydrogen-bond acceptors (Lipinski definition) is 3. The Kier molecular flexibility index (Phi) is 4.32. The molecule has 0 bridgehead atoms. The summed E-state index contributed by atoms with van der Waals surface area (Å²) in [5.41, 5.74) is 2.47. The van der Waals surface area contributed by atoms with E-state index in [2.05, 4.69) is 29.2 Å². The first kappa shape index (κ1) is 13.7. The topological polar surface area (TPSA) is 35.4 Å². The molecular weight excluding hydrogens is 240 g/mol. The average Bonchev–Trinajstić information content (AvgIpc) is 2.75. The van der Waals surface area contributed by atoms with E-state index in [9.17, 15) is 0 Å². The van der Waals surface area contributed by atoms with Gasteiger partial charge < -0.3 is 19.4 Å². The molecule has 0 aliphatic heterocycles. The van der Waals surface area contributed by atoms with Crippen LogP contribution < -0.4 is 14.8 Å². The molecule has 4 heteroatoms. The van der Waals surface area contributed by atoms with Crippen molar-refractivity contribution in [1.82, 2.24) is 9.88 Å². The highest BCUT2D eigenvalue weighted by Crippen LogP contribution is 2.35. The van der Waals surface area contributed by atoms with Crippen molar-refractivity contribution in [2.24, 2.45) is 7.05 Å². The van der Waals surface area contributed by atoms with Gasteiger partial charge in [-0.3, -0.25) is 0 Å². The summed E-state index contributed by atoms with van der Waals surface area (Å²) >= 11 is 0. The Hall–Kier alpha value is -1.68. The van der Waals surface area contributed by atoms with Crippen molar-refractivity contribution < 1.29 is 9.47 Å². The minimum Gasteiger partial charge on any atom is -0.497 e. The summed E-state index contributed by atoms with van der Waals surface area (Å²) in [6.45, 7) is 1.02. The smallest absolute Gasteiger partial charge is 0.132 e. The Morgan fingerprint density at radius 3 is 2.63 bits per heavy atom. The maximum Gasteiger partial charge on any atom is 0.132 e. The first-order valence-electron chi connectivity index (χ1n) is 6.55. The lowest BCUT2D eigenvalue weighted by Gasteiger charge is -2.08. The van der Waals surface area contributed by atoms with Crippen LogP contribution in [-0.2, 0) is 13.5 Å². The molecule has 0 atom stereocenters. The summed E-state index contributed by atoms with van der Waals surface area (Å²) in [5.74, 6) is 1.71. The minimum atomic E-state index is 0.826. The van der Waals surface area contributed by atoms with Gasteiger partial charge in [-0.2, -0.15) is 0 Å². The molecule has 0 fully saturated rings. The lowest BCUT2D eigenvalue weighted by atomic mass is 10.1. The summed E-state index contributed by atoms with van der Waals surface area (Å²) < 4.78 is 13.0. The molecule has 1 aromatic carbocycles. The molecule has 0 spiro atoms. The van der Waals surface area contributed by atoms with Crippen molar-refractivity contribution in [3.05, 3.63) is 23.9 Å². The van der Waals surface area contributed by atoms with E-state index >= 15 is 0 Å². The maximum atomic E-state index is 5.52. The van der Waals surface area contributed by atoms with Crippen LogP contribution in [0.3, 0.4) is 0 Å². The van der Waals surface area contributed by atoms with Crippen LogP contribution in [0.1, 0.15) is 12.0 Å². The van der Waals surface area contributed by atoms with E-state index in [0.29, 0.717) is 0 Å². The third-order valence-corrected chi connectivity index (χ3v) is 3.43. The summed E-state index contributed by atoms with van der Waals surface area (Å²) in [7, 11) is 7.42. The highest BCUT2D eigenvalue weighted by Gasteiger charge is 2.13. The molecule has 0 saturated carbocycles. The Labute approximate surface area is 114 Å². The average molecular weight is 262 g/mol. The minimum absolute atomic E-state index is 0.826. The number of aromatic nitrogens is 1. The van der Waals surface area contributed by atoms with Gasteiger partial charge in [0.25, 0.3) is 0 Å². The number of aryl methyl sites for hydroxylation is 2. The normalized spacial score (nSPS) is 10.9. The molecule has 104 valence electrons. The predicted molar refractivity (Wildman–Crippen MR) is 78.3 cm³/mol. The number of benzene rings is 1. The zero-order valence-corrected chi connectivity index (χ0v) is 12.1. The van der Waals surface area contributed by atoms with Gasteiger partial charge in [-0.15, -0.1) is 0 Å². The highest BCUT2D eigenvalue weighted by atomic mass is 16.5. The summed E-state index contributed by atoms with van der Waals surface area (Å²) in [6.07, 6.45) is 4.34. The Bertz CT molecular complexity index is 561. The molecule has 19 heavy (non-hydrogen) atoms. The van der Waals surface area contributed by atoms with Gasteiger partial charge in [0.2, 0.25) is 0 Å². The first-order chi connectivity index (χ1) is 9.21. The van der Waals surface area contributed by atoms with Gasteiger partial charge in [-0.25, -0.2) is 0 Å². The van der Waals surface area contributed by atoms with Crippen molar-refractivity contribution in [3.8, 4) is 11.5 Å². The van der Waals surface area contributed by atoms with E-state index in [0.717, 1.165) is 36.4 Å². The Morgan fingerprint density at radius 2 is 2.00 bits per heavy atom. The fourth-order valence-electron chi connectivity index (χ4n) is 2.47. The summed E-state index contributed by atoms with van der Waals surface area (Å²) in [5, 5.41) is 4.38. The second-order valence-electron chi connectivity index (χ2n) is 4.70. The van der Waals surface area contributed by atoms with Crippen molar-refractivity contribution in [1.29, 1.82) is 0 Å². The summed E-state index contributed by atoms with van der Waals surface area (Å²) in [6, 6.07) is 4.00. The Balaban J connectivity index is 2.48. The van der Waals surface area contributed by atoms with Gasteiger partial charge in [-0.05, 0) is 32.0 Å². The third kappa shape index (κ3) is 2.68. The molecule has 0 unspecified atom stereocenters.